The molecule has 1 aromatic heterocycles. The molecule has 2 heterocycles. The highest BCUT2D eigenvalue weighted by molar-refractivity contribution is 6.35. The van der Waals surface area contributed by atoms with Crippen LogP contribution in [0, 0.1) is 0 Å². The van der Waals surface area contributed by atoms with E-state index in [0.29, 0.717) is 37.0 Å². The van der Waals surface area contributed by atoms with Crippen LogP contribution in [-0.4, -0.2) is 59.9 Å². The zero-order valence-electron chi connectivity index (χ0n) is 13.6. The third-order valence-corrected chi connectivity index (χ3v) is 3.70. The van der Waals surface area contributed by atoms with Crippen LogP contribution in [0.15, 0.2) is 0 Å². The number of hydrogen-bond donors (Lipinski definition) is 0. The van der Waals surface area contributed by atoms with E-state index in [1.807, 2.05) is 25.7 Å². The highest BCUT2D eigenvalue weighted by atomic mass is 35.5. The first kappa shape index (κ1) is 17.9. The fraction of sp³-hybridized carbons (Fsp3) is 0.643. The van der Waals surface area contributed by atoms with Crippen molar-refractivity contribution in [2.75, 3.05) is 38.2 Å². The minimum atomic E-state index is -0.509. The van der Waals surface area contributed by atoms with Gasteiger partial charge in [0.05, 0.1) is 7.11 Å². The molecule has 1 fully saturated rings. The molecule has 0 atom stereocenters. The molecule has 1 aliphatic heterocycles. The monoisotopic (exact) mass is 362 g/mol. The van der Waals surface area contributed by atoms with Crippen LogP contribution in [-0.2, 0) is 4.74 Å². The SMILES string of the molecule is COc1nc(Cl)nc(N2CCN(C(=O)OC(C)(C)C)CC2)c1Cl. The molecule has 2 rings (SSSR count). The second-order valence-electron chi connectivity index (χ2n) is 6.09. The molecule has 1 amide bonds. The standard InChI is InChI=1S/C14H20Cl2N4O3/c1-14(2,3)23-13(21)20-7-5-19(6-8-20)10-9(15)11(22-4)18-12(16)17-10/h5-8H2,1-4H3. The number of hydrogen-bond acceptors (Lipinski definition) is 6. The molecule has 23 heavy (non-hydrogen) atoms. The van der Waals surface area contributed by atoms with Crippen molar-refractivity contribution in [1.29, 1.82) is 0 Å². The van der Waals surface area contributed by atoms with Crippen LogP contribution in [0.1, 0.15) is 20.8 Å². The zero-order valence-corrected chi connectivity index (χ0v) is 15.1. The second kappa shape index (κ2) is 6.97. The van der Waals surface area contributed by atoms with Gasteiger partial charge in [-0.25, -0.2) is 4.79 Å². The Labute approximate surface area is 145 Å². The van der Waals surface area contributed by atoms with E-state index in [0.717, 1.165) is 0 Å². The van der Waals surface area contributed by atoms with Crippen LogP contribution < -0.4 is 9.64 Å². The molecule has 0 aliphatic carbocycles. The third-order valence-electron chi connectivity index (χ3n) is 3.20. The van der Waals surface area contributed by atoms with Crippen LogP contribution in [0.5, 0.6) is 5.88 Å². The number of halogens is 2. The van der Waals surface area contributed by atoms with Gasteiger partial charge in [0.25, 0.3) is 0 Å². The molecule has 0 aromatic carbocycles. The van der Waals surface area contributed by atoms with E-state index in [-0.39, 0.29) is 17.3 Å². The summed E-state index contributed by atoms with van der Waals surface area (Å²) in [6.45, 7) is 7.68. The summed E-state index contributed by atoms with van der Waals surface area (Å²) in [5.74, 6) is 0.739. The zero-order chi connectivity index (χ0) is 17.2. The van der Waals surface area contributed by atoms with E-state index in [1.54, 1.807) is 4.90 Å². The number of carbonyl (C=O) groups is 1. The largest absolute Gasteiger partial charge is 0.480 e. The topological polar surface area (TPSA) is 67.8 Å². The molecule has 1 saturated heterocycles. The summed E-state index contributed by atoms with van der Waals surface area (Å²) in [5.41, 5.74) is -0.509. The van der Waals surface area contributed by atoms with Crippen LogP contribution >= 0.6 is 23.2 Å². The molecule has 0 unspecified atom stereocenters. The Kier molecular flexibility index (Phi) is 5.41. The predicted molar refractivity (Wildman–Crippen MR) is 88.6 cm³/mol. The van der Waals surface area contributed by atoms with Crippen molar-refractivity contribution in [3.63, 3.8) is 0 Å². The first-order chi connectivity index (χ1) is 10.7. The molecular formula is C14H20Cl2N4O3. The number of anilines is 1. The van der Waals surface area contributed by atoms with Gasteiger partial charge in [-0.2, -0.15) is 9.97 Å². The first-order valence-corrected chi connectivity index (χ1v) is 7.97. The van der Waals surface area contributed by atoms with Crippen molar-refractivity contribution in [3.8, 4) is 5.88 Å². The van der Waals surface area contributed by atoms with E-state index in [4.69, 9.17) is 32.7 Å². The van der Waals surface area contributed by atoms with Gasteiger partial charge in [-0.15, -0.1) is 0 Å². The number of ether oxygens (including phenoxy) is 2. The van der Waals surface area contributed by atoms with Crippen molar-refractivity contribution in [2.45, 2.75) is 26.4 Å². The van der Waals surface area contributed by atoms with Gasteiger partial charge in [-0.1, -0.05) is 11.6 Å². The smallest absolute Gasteiger partial charge is 0.410 e. The fourth-order valence-electron chi connectivity index (χ4n) is 2.16. The summed E-state index contributed by atoms with van der Waals surface area (Å²) in [5, 5.41) is 0.374. The molecule has 0 bridgehead atoms. The third kappa shape index (κ3) is 4.51. The van der Waals surface area contributed by atoms with Crippen LogP contribution in [0.25, 0.3) is 0 Å². The Balaban J connectivity index is 2.05. The maximum atomic E-state index is 12.1. The number of aromatic nitrogens is 2. The van der Waals surface area contributed by atoms with Gasteiger partial charge < -0.3 is 19.3 Å². The Morgan fingerprint density at radius 3 is 2.26 bits per heavy atom. The number of methoxy groups -OCH3 is 1. The van der Waals surface area contributed by atoms with Gasteiger partial charge in [0.1, 0.15) is 10.6 Å². The van der Waals surface area contributed by atoms with Crippen molar-refractivity contribution >= 4 is 35.1 Å². The quantitative estimate of drug-likeness (QED) is 0.753. The lowest BCUT2D eigenvalue weighted by atomic mass is 10.2. The lowest BCUT2D eigenvalue weighted by Gasteiger charge is -2.36. The lowest BCUT2D eigenvalue weighted by Crippen LogP contribution is -2.50. The highest BCUT2D eigenvalue weighted by Gasteiger charge is 2.28. The van der Waals surface area contributed by atoms with Gasteiger partial charge in [-0.3, -0.25) is 0 Å². The Hall–Kier alpha value is -1.47. The average Bonchev–Trinajstić information content (AvgIpc) is 2.47. The summed E-state index contributed by atoms with van der Waals surface area (Å²) in [6, 6.07) is 0. The second-order valence-corrected chi connectivity index (χ2v) is 6.81. The number of carbonyl (C=O) groups excluding carboxylic acids is 1. The van der Waals surface area contributed by atoms with Gasteiger partial charge in [-0.05, 0) is 32.4 Å². The molecule has 7 nitrogen and oxygen atoms in total. The highest BCUT2D eigenvalue weighted by Crippen LogP contribution is 2.33. The Morgan fingerprint density at radius 1 is 1.13 bits per heavy atom. The van der Waals surface area contributed by atoms with Gasteiger partial charge in [0, 0.05) is 26.2 Å². The van der Waals surface area contributed by atoms with Crippen molar-refractivity contribution in [3.05, 3.63) is 10.3 Å². The summed E-state index contributed by atoms with van der Waals surface area (Å²) in [7, 11) is 1.47. The summed E-state index contributed by atoms with van der Waals surface area (Å²) >= 11 is 12.1. The average molecular weight is 363 g/mol. The lowest BCUT2D eigenvalue weighted by molar-refractivity contribution is 0.0240. The van der Waals surface area contributed by atoms with E-state index < -0.39 is 5.60 Å². The van der Waals surface area contributed by atoms with Crippen molar-refractivity contribution in [1.82, 2.24) is 14.9 Å². The Bertz CT molecular complexity index is 584. The van der Waals surface area contributed by atoms with Gasteiger partial charge in [0.15, 0.2) is 5.82 Å². The Morgan fingerprint density at radius 2 is 1.74 bits per heavy atom. The summed E-state index contributed by atoms with van der Waals surface area (Å²) in [6.07, 6.45) is -0.318. The van der Waals surface area contributed by atoms with Crippen LogP contribution in [0.4, 0.5) is 10.6 Å². The van der Waals surface area contributed by atoms with Crippen LogP contribution in [0.3, 0.4) is 0 Å². The van der Waals surface area contributed by atoms with Crippen LogP contribution in [0.2, 0.25) is 10.3 Å². The molecular weight excluding hydrogens is 343 g/mol. The molecule has 0 N–H and O–H groups in total. The summed E-state index contributed by atoms with van der Waals surface area (Å²) in [4.78, 5) is 23.8. The van der Waals surface area contributed by atoms with E-state index in [1.165, 1.54) is 7.11 Å². The maximum Gasteiger partial charge on any atom is 0.410 e. The maximum absolute atomic E-state index is 12.1. The molecule has 9 heteroatoms. The van der Waals surface area contributed by atoms with E-state index >= 15 is 0 Å². The number of nitrogens with zero attached hydrogens (tertiary/aromatic N) is 4. The van der Waals surface area contributed by atoms with E-state index in [2.05, 4.69) is 9.97 Å². The van der Waals surface area contributed by atoms with Gasteiger partial charge in [0.2, 0.25) is 11.2 Å². The molecule has 1 aromatic rings. The number of amides is 1. The van der Waals surface area contributed by atoms with E-state index in [9.17, 15) is 4.79 Å². The molecule has 0 radical (unpaired) electrons. The first-order valence-electron chi connectivity index (χ1n) is 7.21. The normalized spacial score (nSPS) is 15.6. The molecule has 128 valence electrons. The number of rotatable bonds is 2. The fourth-order valence-corrected chi connectivity index (χ4v) is 2.60. The predicted octanol–water partition coefficient (Wildman–Crippen LogP) is 2.85. The molecule has 0 saturated carbocycles. The minimum absolute atomic E-state index is 0.0656. The molecule has 0 spiro atoms. The van der Waals surface area contributed by atoms with Crippen molar-refractivity contribution < 1.29 is 14.3 Å². The minimum Gasteiger partial charge on any atom is -0.480 e. The molecule has 1 aliphatic rings. The van der Waals surface area contributed by atoms with Gasteiger partial charge >= 0.3 is 6.09 Å². The van der Waals surface area contributed by atoms with Crippen molar-refractivity contribution in [2.24, 2.45) is 0 Å². The number of piperazine rings is 1. The summed E-state index contributed by atoms with van der Waals surface area (Å²) < 4.78 is 10.5.